The van der Waals surface area contributed by atoms with Crippen molar-refractivity contribution in [3.8, 4) is 17.2 Å². The SMILES string of the molecule is CC1(C)Cc2c(O)ccc(O)c2O1. The van der Waals surface area contributed by atoms with Crippen LogP contribution in [-0.4, -0.2) is 15.8 Å². The highest BCUT2D eigenvalue weighted by atomic mass is 16.5. The summed E-state index contributed by atoms with van der Waals surface area (Å²) in [6, 6.07) is 2.93. The summed E-state index contributed by atoms with van der Waals surface area (Å²) in [6.07, 6.45) is 0.628. The van der Waals surface area contributed by atoms with E-state index in [1.807, 2.05) is 13.8 Å². The minimum Gasteiger partial charge on any atom is -0.508 e. The van der Waals surface area contributed by atoms with Crippen molar-refractivity contribution in [1.29, 1.82) is 0 Å². The molecule has 1 heterocycles. The zero-order chi connectivity index (χ0) is 9.64. The second-order valence-corrected chi connectivity index (χ2v) is 3.95. The molecule has 2 rings (SSSR count). The van der Waals surface area contributed by atoms with Gasteiger partial charge in [-0.3, -0.25) is 0 Å². The minimum atomic E-state index is -0.335. The molecule has 0 saturated carbocycles. The van der Waals surface area contributed by atoms with Gasteiger partial charge in [0.05, 0.1) is 0 Å². The molecular weight excluding hydrogens is 168 g/mol. The average molecular weight is 180 g/mol. The van der Waals surface area contributed by atoms with Gasteiger partial charge >= 0.3 is 0 Å². The van der Waals surface area contributed by atoms with Crippen LogP contribution in [0.2, 0.25) is 0 Å². The molecule has 70 valence electrons. The summed E-state index contributed by atoms with van der Waals surface area (Å²) in [5.41, 5.74) is 0.364. The molecule has 0 bridgehead atoms. The van der Waals surface area contributed by atoms with Crippen molar-refractivity contribution < 1.29 is 14.9 Å². The molecule has 1 aliphatic rings. The van der Waals surface area contributed by atoms with Gasteiger partial charge in [0.15, 0.2) is 11.5 Å². The zero-order valence-corrected chi connectivity index (χ0v) is 7.66. The molecule has 0 unspecified atom stereocenters. The predicted octanol–water partition coefficient (Wildman–Crippen LogP) is 1.81. The first-order valence-corrected chi connectivity index (χ1v) is 4.22. The fourth-order valence-electron chi connectivity index (χ4n) is 1.63. The van der Waals surface area contributed by atoms with E-state index in [0.29, 0.717) is 17.7 Å². The highest BCUT2D eigenvalue weighted by Gasteiger charge is 2.34. The van der Waals surface area contributed by atoms with Crippen LogP contribution in [0, 0.1) is 0 Å². The Morgan fingerprint density at radius 2 is 1.85 bits per heavy atom. The Labute approximate surface area is 76.6 Å². The average Bonchev–Trinajstić information content (AvgIpc) is 2.35. The standard InChI is InChI=1S/C10H12O3/c1-10(2)5-6-7(11)3-4-8(12)9(6)13-10/h3-4,11-12H,5H2,1-2H3. The molecule has 0 spiro atoms. The Balaban J connectivity index is 2.56. The van der Waals surface area contributed by atoms with Crippen molar-refractivity contribution in [3.63, 3.8) is 0 Å². The predicted molar refractivity (Wildman–Crippen MR) is 48.2 cm³/mol. The molecule has 0 radical (unpaired) electrons. The van der Waals surface area contributed by atoms with Gasteiger partial charge in [-0.25, -0.2) is 0 Å². The summed E-state index contributed by atoms with van der Waals surface area (Å²) in [5, 5.41) is 18.9. The number of aromatic hydroxyl groups is 2. The van der Waals surface area contributed by atoms with Crippen LogP contribution in [0.3, 0.4) is 0 Å². The van der Waals surface area contributed by atoms with Gasteiger partial charge in [-0.15, -0.1) is 0 Å². The molecule has 13 heavy (non-hydrogen) atoms. The molecule has 3 heteroatoms. The highest BCUT2D eigenvalue weighted by Crippen LogP contribution is 2.45. The van der Waals surface area contributed by atoms with Crippen LogP contribution in [0.4, 0.5) is 0 Å². The van der Waals surface area contributed by atoms with Gasteiger partial charge < -0.3 is 14.9 Å². The number of benzene rings is 1. The van der Waals surface area contributed by atoms with Crippen LogP contribution in [0.1, 0.15) is 19.4 Å². The van der Waals surface area contributed by atoms with E-state index in [1.165, 1.54) is 12.1 Å². The summed E-state index contributed by atoms with van der Waals surface area (Å²) in [5.74, 6) is 0.710. The van der Waals surface area contributed by atoms with Gasteiger partial charge in [0, 0.05) is 12.0 Å². The maximum atomic E-state index is 9.50. The number of rotatable bonds is 0. The van der Waals surface area contributed by atoms with E-state index in [-0.39, 0.29) is 17.1 Å². The molecule has 0 amide bonds. The Bertz CT molecular complexity index is 322. The first kappa shape index (κ1) is 8.23. The van der Waals surface area contributed by atoms with Gasteiger partial charge in [0.2, 0.25) is 0 Å². The molecule has 1 aliphatic heterocycles. The third-order valence-corrected chi connectivity index (χ3v) is 2.20. The monoisotopic (exact) mass is 180 g/mol. The maximum Gasteiger partial charge on any atom is 0.168 e. The zero-order valence-electron chi connectivity index (χ0n) is 7.66. The van der Waals surface area contributed by atoms with E-state index in [2.05, 4.69) is 0 Å². The lowest BCUT2D eigenvalue weighted by molar-refractivity contribution is 0.134. The second kappa shape index (κ2) is 2.31. The summed E-state index contributed by atoms with van der Waals surface area (Å²) < 4.78 is 5.50. The van der Waals surface area contributed by atoms with Gasteiger partial charge in [0.1, 0.15) is 11.4 Å². The summed E-state index contributed by atoms with van der Waals surface area (Å²) in [4.78, 5) is 0. The molecule has 0 fully saturated rings. The molecular formula is C10H12O3. The Morgan fingerprint density at radius 3 is 2.46 bits per heavy atom. The van der Waals surface area contributed by atoms with E-state index in [9.17, 15) is 10.2 Å². The second-order valence-electron chi connectivity index (χ2n) is 3.95. The molecule has 3 nitrogen and oxygen atoms in total. The number of fused-ring (bicyclic) bond motifs is 1. The van der Waals surface area contributed by atoms with Crippen LogP contribution in [0.5, 0.6) is 17.2 Å². The Morgan fingerprint density at radius 1 is 1.23 bits per heavy atom. The number of phenols is 2. The molecule has 0 saturated heterocycles. The van der Waals surface area contributed by atoms with E-state index in [1.54, 1.807) is 0 Å². The summed E-state index contributed by atoms with van der Waals surface area (Å²) >= 11 is 0. The van der Waals surface area contributed by atoms with Gasteiger partial charge in [0.25, 0.3) is 0 Å². The third-order valence-electron chi connectivity index (χ3n) is 2.20. The van der Waals surface area contributed by atoms with E-state index in [0.717, 1.165) is 0 Å². The molecule has 1 aromatic rings. The first-order valence-electron chi connectivity index (χ1n) is 4.22. The maximum absolute atomic E-state index is 9.50. The van der Waals surface area contributed by atoms with Gasteiger partial charge in [-0.2, -0.15) is 0 Å². The van der Waals surface area contributed by atoms with Crippen molar-refractivity contribution >= 4 is 0 Å². The lowest BCUT2D eigenvalue weighted by atomic mass is 10.0. The van der Waals surface area contributed by atoms with E-state index in [4.69, 9.17) is 4.74 Å². The fraction of sp³-hybridized carbons (Fsp3) is 0.400. The van der Waals surface area contributed by atoms with Crippen LogP contribution in [0.15, 0.2) is 12.1 Å². The van der Waals surface area contributed by atoms with Crippen molar-refractivity contribution in [2.45, 2.75) is 25.9 Å². The van der Waals surface area contributed by atoms with Gasteiger partial charge in [-0.05, 0) is 26.0 Å². The topological polar surface area (TPSA) is 49.7 Å². The van der Waals surface area contributed by atoms with Crippen molar-refractivity contribution in [3.05, 3.63) is 17.7 Å². The molecule has 0 atom stereocenters. The van der Waals surface area contributed by atoms with Crippen molar-refractivity contribution in [2.24, 2.45) is 0 Å². The lowest BCUT2D eigenvalue weighted by Gasteiger charge is -2.16. The smallest absolute Gasteiger partial charge is 0.168 e. The van der Waals surface area contributed by atoms with Crippen LogP contribution < -0.4 is 4.74 Å². The van der Waals surface area contributed by atoms with Crippen molar-refractivity contribution in [2.75, 3.05) is 0 Å². The van der Waals surface area contributed by atoms with E-state index >= 15 is 0 Å². The normalized spacial score (nSPS) is 18.0. The van der Waals surface area contributed by atoms with Crippen LogP contribution >= 0.6 is 0 Å². The minimum absolute atomic E-state index is 0.0957. The highest BCUT2D eigenvalue weighted by molar-refractivity contribution is 5.55. The first-order chi connectivity index (χ1) is 5.99. The number of phenolic OH excluding ortho intramolecular Hbond substituents is 2. The number of hydrogen-bond donors (Lipinski definition) is 2. The molecule has 0 aliphatic carbocycles. The molecule has 2 N–H and O–H groups in total. The van der Waals surface area contributed by atoms with Crippen LogP contribution in [-0.2, 0) is 6.42 Å². The Kier molecular flexibility index (Phi) is 1.46. The third kappa shape index (κ3) is 1.20. The molecule has 0 aromatic heterocycles. The summed E-state index contributed by atoms with van der Waals surface area (Å²) in [7, 11) is 0. The van der Waals surface area contributed by atoms with Crippen molar-refractivity contribution in [1.82, 2.24) is 0 Å². The number of ether oxygens (including phenoxy) is 1. The quantitative estimate of drug-likeness (QED) is 0.598. The van der Waals surface area contributed by atoms with Crippen LogP contribution in [0.25, 0.3) is 0 Å². The van der Waals surface area contributed by atoms with Gasteiger partial charge in [-0.1, -0.05) is 0 Å². The Hall–Kier alpha value is -1.38. The van der Waals surface area contributed by atoms with E-state index < -0.39 is 0 Å². The molecule has 1 aromatic carbocycles. The largest absolute Gasteiger partial charge is 0.508 e. The summed E-state index contributed by atoms with van der Waals surface area (Å²) in [6.45, 7) is 3.84. The number of hydrogen-bond acceptors (Lipinski definition) is 3. The fourth-order valence-corrected chi connectivity index (χ4v) is 1.63. The lowest BCUT2D eigenvalue weighted by Crippen LogP contribution is -2.24.